The highest BCUT2D eigenvalue weighted by Gasteiger charge is 2.11. The molecule has 1 aromatic heterocycles. The Kier molecular flexibility index (Phi) is 4.34. The van der Waals surface area contributed by atoms with Gasteiger partial charge in [0.05, 0.1) is 12.7 Å². The van der Waals surface area contributed by atoms with Gasteiger partial charge in [-0.25, -0.2) is 5.10 Å². The number of rotatable bonds is 6. The van der Waals surface area contributed by atoms with Crippen LogP contribution in [0, 0.1) is 0 Å². The van der Waals surface area contributed by atoms with Gasteiger partial charge in [0, 0.05) is 0 Å². The molecule has 0 saturated heterocycles. The molecule has 0 aliphatic rings. The quantitative estimate of drug-likeness (QED) is 0.682. The lowest BCUT2D eigenvalue weighted by atomic mass is 10.2. The number of nitrogens with two attached hydrogens (primary N) is 1. The van der Waals surface area contributed by atoms with Gasteiger partial charge in [0.1, 0.15) is 5.75 Å². The molecule has 21 heavy (non-hydrogen) atoms. The third-order valence-corrected chi connectivity index (χ3v) is 2.42. The van der Waals surface area contributed by atoms with E-state index in [9.17, 15) is 9.59 Å². The monoisotopic (exact) mass is 291 g/mol. The first kappa shape index (κ1) is 14.3. The summed E-state index contributed by atoms with van der Waals surface area (Å²) < 4.78 is 10.0. The maximum Gasteiger partial charge on any atom is 0.336 e. The maximum absolute atomic E-state index is 11.7. The zero-order valence-corrected chi connectivity index (χ0v) is 11.1. The molecule has 1 heterocycles. The van der Waals surface area contributed by atoms with E-state index in [2.05, 4.69) is 20.5 Å². The number of amides is 2. The zero-order chi connectivity index (χ0) is 15.2. The number of hydrogen-bond acceptors (Lipinski definition) is 6. The van der Waals surface area contributed by atoms with Crippen molar-refractivity contribution in [3.8, 4) is 11.8 Å². The molecule has 0 unspecified atom stereocenters. The molecular weight excluding hydrogens is 278 g/mol. The Labute approximate surface area is 119 Å². The van der Waals surface area contributed by atoms with E-state index in [1.54, 1.807) is 18.2 Å². The van der Waals surface area contributed by atoms with Gasteiger partial charge in [-0.05, 0) is 12.1 Å². The molecule has 0 saturated carbocycles. The molecule has 0 bridgehead atoms. The Morgan fingerprint density at radius 1 is 1.38 bits per heavy atom. The van der Waals surface area contributed by atoms with Crippen LogP contribution in [0.3, 0.4) is 0 Å². The summed E-state index contributed by atoms with van der Waals surface area (Å²) in [6, 6.07) is 6.47. The van der Waals surface area contributed by atoms with Gasteiger partial charge in [-0.1, -0.05) is 12.1 Å². The van der Waals surface area contributed by atoms with Crippen LogP contribution in [-0.4, -0.2) is 40.7 Å². The van der Waals surface area contributed by atoms with Crippen LogP contribution in [-0.2, 0) is 4.79 Å². The van der Waals surface area contributed by atoms with E-state index in [1.165, 1.54) is 13.2 Å². The van der Waals surface area contributed by atoms with Crippen molar-refractivity contribution in [3.05, 3.63) is 29.8 Å². The number of nitrogens with one attached hydrogen (secondary N) is 2. The van der Waals surface area contributed by atoms with E-state index in [-0.39, 0.29) is 29.9 Å². The topological polar surface area (TPSA) is 132 Å². The fraction of sp³-hybridized carbons (Fsp3) is 0.167. The molecule has 0 spiro atoms. The van der Waals surface area contributed by atoms with Crippen LogP contribution in [0.4, 0.5) is 5.95 Å². The van der Waals surface area contributed by atoms with Gasteiger partial charge in [-0.15, -0.1) is 5.10 Å². The minimum atomic E-state index is -0.633. The minimum absolute atomic E-state index is 0.102. The largest absolute Gasteiger partial charge is 0.483 e. The van der Waals surface area contributed by atoms with Crippen LogP contribution in [0.2, 0.25) is 0 Å². The summed E-state index contributed by atoms with van der Waals surface area (Å²) in [6.07, 6.45) is 0. The van der Waals surface area contributed by atoms with Gasteiger partial charge < -0.3 is 15.2 Å². The number of aromatic nitrogens is 3. The van der Waals surface area contributed by atoms with Crippen molar-refractivity contribution >= 4 is 17.8 Å². The molecule has 2 amide bonds. The fourth-order valence-corrected chi connectivity index (χ4v) is 1.50. The lowest BCUT2D eigenvalue weighted by Crippen LogP contribution is -2.22. The highest BCUT2D eigenvalue weighted by Crippen LogP contribution is 2.17. The van der Waals surface area contributed by atoms with Crippen molar-refractivity contribution in [2.75, 3.05) is 19.0 Å². The molecule has 2 aromatic rings. The summed E-state index contributed by atoms with van der Waals surface area (Å²) in [5, 5.41) is 8.56. The van der Waals surface area contributed by atoms with Crippen molar-refractivity contribution < 1.29 is 19.1 Å². The van der Waals surface area contributed by atoms with E-state index < -0.39 is 11.8 Å². The first-order valence-corrected chi connectivity index (χ1v) is 5.88. The summed E-state index contributed by atoms with van der Waals surface area (Å²) in [5.74, 6) is -0.752. The summed E-state index contributed by atoms with van der Waals surface area (Å²) >= 11 is 0. The molecule has 0 aliphatic carbocycles. The number of aromatic amines is 1. The Morgan fingerprint density at radius 3 is 2.81 bits per heavy atom. The van der Waals surface area contributed by atoms with Crippen molar-refractivity contribution in [1.82, 2.24) is 15.2 Å². The van der Waals surface area contributed by atoms with Crippen LogP contribution in [0.25, 0.3) is 0 Å². The highest BCUT2D eigenvalue weighted by atomic mass is 16.5. The first-order chi connectivity index (χ1) is 10.1. The molecule has 1 aromatic carbocycles. The molecule has 4 N–H and O–H groups in total. The smallest absolute Gasteiger partial charge is 0.336 e. The van der Waals surface area contributed by atoms with Crippen LogP contribution in [0.15, 0.2) is 24.3 Å². The number of nitrogens with zero attached hydrogens (tertiary/aromatic N) is 2. The van der Waals surface area contributed by atoms with E-state index in [1.807, 2.05) is 0 Å². The van der Waals surface area contributed by atoms with Gasteiger partial charge in [0.15, 0.2) is 6.61 Å². The number of methoxy groups -OCH3 is 1. The average Bonchev–Trinajstić information content (AvgIpc) is 2.93. The standard InChI is InChI=1S/C12H13N5O4/c1-20-12-15-11(16-17-12)14-9(18)6-21-8-5-3-2-4-7(8)10(13)19/h2-5H,6H2,1H3,(H2,13,19)(H2,14,15,16,17,18). The van der Waals surface area contributed by atoms with E-state index in [4.69, 9.17) is 15.2 Å². The zero-order valence-electron chi connectivity index (χ0n) is 11.1. The molecule has 0 fully saturated rings. The third kappa shape index (κ3) is 3.69. The van der Waals surface area contributed by atoms with Gasteiger partial charge in [-0.2, -0.15) is 4.98 Å². The second-order valence-corrected chi connectivity index (χ2v) is 3.87. The van der Waals surface area contributed by atoms with Gasteiger partial charge in [0.25, 0.3) is 11.8 Å². The highest BCUT2D eigenvalue weighted by molar-refractivity contribution is 5.96. The number of carbonyl (C=O) groups excluding carboxylic acids is 2. The molecule has 0 aliphatic heterocycles. The predicted octanol–water partition coefficient (Wildman–Crippen LogP) is -0.0703. The number of benzene rings is 1. The Balaban J connectivity index is 1.94. The van der Waals surface area contributed by atoms with E-state index in [0.29, 0.717) is 0 Å². The summed E-state index contributed by atoms with van der Waals surface area (Å²) in [6.45, 7) is -0.312. The summed E-state index contributed by atoms with van der Waals surface area (Å²) in [7, 11) is 1.40. The number of hydrogen-bond donors (Lipinski definition) is 3. The number of H-pyrrole nitrogens is 1. The second-order valence-electron chi connectivity index (χ2n) is 3.87. The summed E-state index contributed by atoms with van der Waals surface area (Å²) in [5.41, 5.74) is 5.41. The van der Waals surface area contributed by atoms with Gasteiger partial charge in [0.2, 0.25) is 5.95 Å². The normalized spacial score (nSPS) is 9.95. The average molecular weight is 291 g/mol. The molecule has 0 atom stereocenters. The van der Waals surface area contributed by atoms with Crippen molar-refractivity contribution in [2.45, 2.75) is 0 Å². The number of ether oxygens (including phenoxy) is 2. The van der Waals surface area contributed by atoms with Crippen LogP contribution in [0.5, 0.6) is 11.8 Å². The first-order valence-electron chi connectivity index (χ1n) is 5.88. The van der Waals surface area contributed by atoms with Crippen molar-refractivity contribution in [1.29, 1.82) is 0 Å². The number of primary amides is 1. The van der Waals surface area contributed by atoms with E-state index in [0.717, 1.165) is 0 Å². The second kappa shape index (κ2) is 6.37. The van der Waals surface area contributed by atoms with Crippen LogP contribution >= 0.6 is 0 Å². The maximum atomic E-state index is 11.7. The van der Waals surface area contributed by atoms with Crippen molar-refractivity contribution in [2.24, 2.45) is 5.73 Å². The Morgan fingerprint density at radius 2 is 2.14 bits per heavy atom. The van der Waals surface area contributed by atoms with Gasteiger partial charge >= 0.3 is 6.01 Å². The fourth-order valence-electron chi connectivity index (χ4n) is 1.50. The van der Waals surface area contributed by atoms with Gasteiger partial charge in [-0.3, -0.25) is 14.9 Å². The molecule has 9 nitrogen and oxygen atoms in total. The van der Waals surface area contributed by atoms with Crippen LogP contribution in [0.1, 0.15) is 10.4 Å². The molecule has 0 radical (unpaired) electrons. The van der Waals surface area contributed by atoms with Crippen LogP contribution < -0.4 is 20.5 Å². The minimum Gasteiger partial charge on any atom is -0.483 e. The molecule has 9 heteroatoms. The number of para-hydroxylation sites is 1. The SMILES string of the molecule is COc1n[nH]c(NC(=O)COc2ccccc2C(N)=O)n1. The lowest BCUT2D eigenvalue weighted by molar-refractivity contribution is -0.118. The molecular formula is C12H13N5O4. The van der Waals surface area contributed by atoms with E-state index >= 15 is 0 Å². The number of anilines is 1. The third-order valence-electron chi connectivity index (χ3n) is 2.42. The predicted molar refractivity (Wildman–Crippen MR) is 72.0 cm³/mol. The lowest BCUT2D eigenvalue weighted by Gasteiger charge is -2.08. The Bertz CT molecular complexity index is 655. The molecule has 2 rings (SSSR count). The molecule has 110 valence electrons. The summed E-state index contributed by atoms with van der Waals surface area (Å²) in [4.78, 5) is 26.7. The Hall–Kier alpha value is -3.10. The number of carbonyl (C=O) groups is 2. The van der Waals surface area contributed by atoms with Crippen molar-refractivity contribution in [3.63, 3.8) is 0 Å².